The Morgan fingerprint density at radius 2 is 1.82 bits per heavy atom. The lowest BCUT2D eigenvalue weighted by Crippen LogP contribution is -2.01. The molecular weight excluding hydrogens is 296 g/mol. The van der Waals surface area contributed by atoms with Gasteiger partial charge in [0.25, 0.3) is 0 Å². The third kappa shape index (κ3) is 2.21. The molecule has 4 rings (SSSR count). The van der Waals surface area contributed by atoms with Crippen molar-refractivity contribution in [2.75, 3.05) is 0 Å². The maximum atomic E-state index is 12.3. The van der Waals surface area contributed by atoms with E-state index in [0.29, 0.717) is 27.7 Å². The second-order valence-corrected chi connectivity index (χ2v) is 5.66. The molecular formula is C17H10N2O2S. The molecule has 4 aromatic rings. The summed E-state index contributed by atoms with van der Waals surface area (Å²) in [5, 5.41) is 1.87. The van der Waals surface area contributed by atoms with Crippen LogP contribution in [0.5, 0.6) is 0 Å². The van der Waals surface area contributed by atoms with Gasteiger partial charge in [-0.3, -0.25) is 4.79 Å². The summed E-state index contributed by atoms with van der Waals surface area (Å²) >= 11 is 1.40. The summed E-state index contributed by atoms with van der Waals surface area (Å²) in [6.07, 6.45) is 0. The molecule has 0 spiro atoms. The minimum Gasteiger partial charge on any atom is -0.434 e. The highest BCUT2D eigenvalue weighted by molar-refractivity contribution is 7.12. The number of rotatable bonds is 3. The maximum Gasteiger partial charge on any atom is 0.228 e. The molecule has 22 heavy (non-hydrogen) atoms. The molecule has 106 valence electrons. The quantitative estimate of drug-likeness (QED) is 0.533. The lowest BCUT2D eigenvalue weighted by atomic mass is 10.2. The number of benzene rings is 1. The average Bonchev–Trinajstić information content (AvgIpc) is 3.23. The van der Waals surface area contributed by atoms with E-state index < -0.39 is 0 Å². The molecule has 5 heteroatoms. The molecule has 0 atom stereocenters. The Morgan fingerprint density at radius 3 is 2.59 bits per heavy atom. The van der Waals surface area contributed by atoms with Gasteiger partial charge in [-0.2, -0.15) is 4.98 Å². The molecule has 4 nitrogen and oxygen atoms in total. The number of carbonyl (C=O) groups excluding carboxylic acids is 1. The predicted octanol–water partition coefficient (Wildman–Crippen LogP) is 4.18. The number of hydrogen-bond acceptors (Lipinski definition) is 5. The van der Waals surface area contributed by atoms with Crippen LogP contribution in [0.2, 0.25) is 0 Å². The highest BCUT2D eigenvalue weighted by atomic mass is 32.1. The molecule has 1 aromatic carbocycles. The highest BCUT2D eigenvalue weighted by Crippen LogP contribution is 2.24. The first-order chi connectivity index (χ1) is 10.8. The largest absolute Gasteiger partial charge is 0.434 e. The van der Waals surface area contributed by atoms with Gasteiger partial charge in [-0.25, -0.2) is 4.98 Å². The third-order valence-corrected chi connectivity index (χ3v) is 4.12. The Bertz CT molecular complexity index is 943. The second kappa shape index (κ2) is 5.20. The van der Waals surface area contributed by atoms with Crippen LogP contribution in [-0.4, -0.2) is 15.8 Å². The van der Waals surface area contributed by atoms with Crippen LogP contribution in [0, 0.1) is 0 Å². The Morgan fingerprint density at radius 1 is 0.955 bits per heavy atom. The first-order valence-corrected chi connectivity index (χ1v) is 7.60. The van der Waals surface area contributed by atoms with E-state index in [1.807, 2.05) is 41.8 Å². The second-order valence-electron chi connectivity index (χ2n) is 4.71. The van der Waals surface area contributed by atoms with Crippen LogP contribution < -0.4 is 0 Å². The summed E-state index contributed by atoms with van der Waals surface area (Å²) in [5.74, 6) is 0.407. The molecule has 3 aromatic heterocycles. The van der Waals surface area contributed by atoms with Crippen LogP contribution in [0.1, 0.15) is 15.4 Å². The number of oxazole rings is 1. The maximum absolute atomic E-state index is 12.3. The summed E-state index contributed by atoms with van der Waals surface area (Å²) < 4.78 is 5.70. The van der Waals surface area contributed by atoms with Gasteiger partial charge in [0.1, 0.15) is 5.69 Å². The van der Waals surface area contributed by atoms with Crippen molar-refractivity contribution < 1.29 is 9.21 Å². The smallest absolute Gasteiger partial charge is 0.228 e. The standard InChI is InChI=1S/C17H10N2O2S/c20-15(14-7-4-10-22-14)12-8-9-13-16(18-12)19-17(21-13)11-5-2-1-3-6-11/h1-10H. The zero-order chi connectivity index (χ0) is 14.9. The van der Waals surface area contributed by atoms with Crippen LogP contribution in [0.3, 0.4) is 0 Å². The van der Waals surface area contributed by atoms with E-state index in [1.54, 1.807) is 18.2 Å². The van der Waals surface area contributed by atoms with E-state index in [0.717, 1.165) is 5.56 Å². The normalized spacial score (nSPS) is 10.9. The van der Waals surface area contributed by atoms with E-state index in [4.69, 9.17) is 4.42 Å². The van der Waals surface area contributed by atoms with E-state index >= 15 is 0 Å². The molecule has 0 saturated carbocycles. The molecule has 0 radical (unpaired) electrons. The minimum absolute atomic E-state index is 0.0961. The SMILES string of the molecule is O=C(c1ccc2oc(-c3ccccc3)nc2n1)c1cccs1. The number of aromatic nitrogens is 2. The van der Waals surface area contributed by atoms with Crippen molar-refractivity contribution in [2.45, 2.75) is 0 Å². The van der Waals surface area contributed by atoms with Crippen LogP contribution in [0.25, 0.3) is 22.7 Å². The minimum atomic E-state index is -0.0961. The van der Waals surface area contributed by atoms with Gasteiger partial charge in [0.05, 0.1) is 4.88 Å². The molecule has 0 aliphatic rings. The molecule has 3 heterocycles. The Hall–Kier alpha value is -2.79. The monoisotopic (exact) mass is 306 g/mol. The summed E-state index contributed by atoms with van der Waals surface area (Å²) in [6.45, 7) is 0. The van der Waals surface area contributed by atoms with Gasteiger partial charge in [-0.05, 0) is 35.7 Å². The Kier molecular flexibility index (Phi) is 3.05. The summed E-state index contributed by atoms with van der Waals surface area (Å²) in [5.41, 5.74) is 2.28. The third-order valence-electron chi connectivity index (χ3n) is 3.25. The first kappa shape index (κ1) is 12.9. The van der Waals surface area contributed by atoms with Crippen molar-refractivity contribution in [1.82, 2.24) is 9.97 Å². The van der Waals surface area contributed by atoms with Crippen molar-refractivity contribution in [2.24, 2.45) is 0 Å². The van der Waals surface area contributed by atoms with E-state index in [-0.39, 0.29) is 5.78 Å². The molecule has 0 N–H and O–H groups in total. The zero-order valence-corrected chi connectivity index (χ0v) is 12.2. The number of carbonyl (C=O) groups is 1. The van der Waals surface area contributed by atoms with Gasteiger partial charge < -0.3 is 4.42 Å². The number of hydrogen-bond donors (Lipinski definition) is 0. The van der Waals surface area contributed by atoms with Crippen molar-refractivity contribution >= 4 is 28.4 Å². The van der Waals surface area contributed by atoms with E-state index in [2.05, 4.69) is 9.97 Å². The van der Waals surface area contributed by atoms with Crippen LogP contribution in [0.4, 0.5) is 0 Å². The molecule has 0 aliphatic carbocycles. The molecule has 0 fully saturated rings. The van der Waals surface area contributed by atoms with E-state index in [9.17, 15) is 4.79 Å². The Balaban J connectivity index is 1.77. The van der Waals surface area contributed by atoms with Gasteiger partial charge in [0.2, 0.25) is 11.7 Å². The van der Waals surface area contributed by atoms with Gasteiger partial charge in [0, 0.05) is 5.56 Å². The lowest BCUT2D eigenvalue weighted by Gasteiger charge is -1.95. The van der Waals surface area contributed by atoms with Crippen LogP contribution >= 0.6 is 11.3 Å². The van der Waals surface area contributed by atoms with Crippen molar-refractivity contribution in [3.05, 3.63) is 70.5 Å². The van der Waals surface area contributed by atoms with Gasteiger partial charge in [-0.15, -0.1) is 11.3 Å². The van der Waals surface area contributed by atoms with Crippen molar-refractivity contribution in [3.8, 4) is 11.5 Å². The van der Waals surface area contributed by atoms with Crippen molar-refractivity contribution in [1.29, 1.82) is 0 Å². The number of pyridine rings is 1. The number of ketones is 1. The topological polar surface area (TPSA) is 56.0 Å². The molecule has 0 unspecified atom stereocenters. The fourth-order valence-corrected chi connectivity index (χ4v) is 2.86. The first-order valence-electron chi connectivity index (χ1n) is 6.72. The number of thiophene rings is 1. The van der Waals surface area contributed by atoms with Gasteiger partial charge in [0.15, 0.2) is 11.2 Å². The fourth-order valence-electron chi connectivity index (χ4n) is 2.18. The van der Waals surface area contributed by atoms with E-state index in [1.165, 1.54) is 11.3 Å². The zero-order valence-electron chi connectivity index (χ0n) is 11.4. The van der Waals surface area contributed by atoms with Crippen LogP contribution in [0.15, 0.2) is 64.4 Å². The molecule has 0 bridgehead atoms. The fraction of sp³-hybridized carbons (Fsp3) is 0. The number of fused-ring (bicyclic) bond motifs is 1. The lowest BCUT2D eigenvalue weighted by molar-refractivity contribution is 0.103. The van der Waals surface area contributed by atoms with Gasteiger partial charge >= 0.3 is 0 Å². The Labute approximate surface area is 130 Å². The van der Waals surface area contributed by atoms with Gasteiger partial charge in [-0.1, -0.05) is 24.3 Å². The highest BCUT2D eigenvalue weighted by Gasteiger charge is 2.15. The number of nitrogens with zero attached hydrogens (tertiary/aromatic N) is 2. The molecule has 0 aliphatic heterocycles. The summed E-state index contributed by atoms with van der Waals surface area (Å²) in [6, 6.07) is 16.7. The predicted molar refractivity (Wildman–Crippen MR) is 85.0 cm³/mol. The average molecular weight is 306 g/mol. The van der Waals surface area contributed by atoms with Crippen LogP contribution in [-0.2, 0) is 0 Å². The molecule has 0 amide bonds. The summed E-state index contributed by atoms with van der Waals surface area (Å²) in [7, 11) is 0. The summed E-state index contributed by atoms with van der Waals surface area (Å²) in [4.78, 5) is 21.7. The van der Waals surface area contributed by atoms with Crippen molar-refractivity contribution in [3.63, 3.8) is 0 Å². The molecule has 0 saturated heterocycles.